The van der Waals surface area contributed by atoms with Crippen molar-refractivity contribution < 1.29 is 9.18 Å². The monoisotopic (exact) mass is 501 g/mol. The number of allylic oxidation sites excluding steroid dienone is 5. The van der Waals surface area contributed by atoms with Gasteiger partial charge in [0, 0.05) is 12.6 Å². The van der Waals surface area contributed by atoms with Crippen molar-refractivity contribution in [1.82, 2.24) is 0 Å². The van der Waals surface area contributed by atoms with Gasteiger partial charge in [-0.2, -0.15) is 0 Å². The van der Waals surface area contributed by atoms with Crippen LogP contribution in [0.5, 0.6) is 0 Å². The first kappa shape index (κ1) is 21.4. The van der Waals surface area contributed by atoms with Crippen LogP contribution in [0.3, 0.4) is 0 Å². The molecule has 1 aliphatic rings. The molecular weight excluding hydrogens is 476 g/mol. The molecule has 0 aliphatic carbocycles. The Hall–Kier alpha value is -2.34. The second-order valence-corrected chi connectivity index (χ2v) is 9.81. The van der Waals surface area contributed by atoms with Crippen LogP contribution in [-0.2, 0) is 4.79 Å². The van der Waals surface area contributed by atoms with Crippen molar-refractivity contribution in [3.05, 3.63) is 87.3 Å². The zero-order valence-electron chi connectivity index (χ0n) is 16.9. The molecule has 3 rings (SSSR count). The molecule has 1 N–H and O–H groups in total. The summed E-state index contributed by atoms with van der Waals surface area (Å²) in [7, 11) is 0. The van der Waals surface area contributed by atoms with E-state index in [1.165, 1.54) is 27.6 Å². The summed E-state index contributed by atoms with van der Waals surface area (Å²) in [6.07, 6.45) is 6.49. The lowest BCUT2D eigenvalue weighted by molar-refractivity contribution is -0.114. The molecule has 150 valence electrons. The van der Waals surface area contributed by atoms with Crippen molar-refractivity contribution in [2.75, 3.05) is 5.32 Å². The molecule has 0 fully saturated rings. The largest absolute Gasteiger partial charge is 0.326 e. The molecule has 0 saturated heterocycles. The van der Waals surface area contributed by atoms with Crippen molar-refractivity contribution in [2.24, 2.45) is 0 Å². The summed E-state index contributed by atoms with van der Waals surface area (Å²) in [5.74, 6) is -0.296. The first-order chi connectivity index (χ1) is 14.0. The smallest absolute Gasteiger partial charge is 0.221 e. The van der Waals surface area contributed by atoms with Gasteiger partial charge in [0.05, 0.1) is 0 Å². The van der Waals surface area contributed by atoms with Crippen LogP contribution in [0, 0.1) is 5.82 Å². The predicted octanol–water partition coefficient (Wildman–Crippen LogP) is 7.11. The summed E-state index contributed by atoms with van der Waals surface area (Å²) in [6, 6.07) is 14.8. The summed E-state index contributed by atoms with van der Waals surface area (Å²) in [4.78, 5) is 11.5. The normalized spacial score (nSPS) is 14.3. The number of hydrogen-bond donors (Lipinski definition) is 1. The molecule has 0 spiro atoms. The molecule has 2 aromatic carbocycles. The molecule has 0 bridgehead atoms. The summed E-state index contributed by atoms with van der Waals surface area (Å²) in [5, 5.41) is 2.87. The average molecular weight is 501 g/mol. The van der Waals surface area contributed by atoms with Gasteiger partial charge < -0.3 is 5.32 Å². The fourth-order valence-corrected chi connectivity index (χ4v) is 5.33. The van der Waals surface area contributed by atoms with Crippen LogP contribution in [0.25, 0.3) is 11.1 Å². The van der Waals surface area contributed by atoms with E-state index in [-0.39, 0.29) is 32.5 Å². The van der Waals surface area contributed by atoms with Gasteiger partial charge in [-0.25, -0.2) is 4.39 Å². The van der Waals surface area contributed by atoms with E-state index in [0.717, 1.165) is 35.2 Å². The van der Waals surface area contributed by atoms with Gasteiger partial charge in [0.15, 0.2) is 0 Å². The molecule has 0 atom stereocenters. The maximum Gasteiger partial charge on any atom is 0.221 e. The highest BCUT2D eigenvalue weighted by Gasteiger charge is 2.15. The van der Waals surface area contributed by atoms with Crippen LogP contribution in [0.1, 0.15) is 44.7 Å². The second-order valence-electron chi connectivity index (χ2n) is 6.94. The lowest BCUT2D eigenvalue weighted by atomic mass is 9.91. The number of amides is 1. The Kier molecular flexibility index (Phi) is 7.31. The summed E-state index contributed by atoms with van der Waals surface area (Å²) >= 11 is -0.275. The molecule has 0 aromatic heterocycles. The van der Waals surface area contributed by atoms with Crippen molar-refractivity contribution in [3.8, 4) is 0 Å². The number of carbonyl (C=O) groups excluding carboxylic acids is 1. The highest BCUT2D eigenvalue weighted by atomic mass is 127. The third kappa shape index (κ3) is 5.60. The van der Waals surface area contributed by atoms with Crippen molar-refractivity contribution in [3.63, 3.8) is 0 Å². The minimum atomic E-state index is -0.275. The maximum atomic E-state index is 13.7. The molecular formula is C25H25FINO. The van der Waals surface area contributed by atoms with Crippen LogP contribution >= 0.6 is 20.7 Å². The maximum absolute atomic E-state index is 13.7. The van der Waals surface area contributed by atoms with Gasteiger partial charge in [-0.15, -0.1) is 0 Å². The molecule has 1 aliphatic heterocycles. The molecule has 0 saturated carbocycles. The summed E-state index contributed by atoms with van der Waals surface area (Å²) < 4.78 is 17.4. The Morgan fingerprint density at radius 1 is 1.17 bits per heavy atom. The molecule has 0 unspecified atom stereocenters. The van der Waals surface area contributed by atoms with Crippen LogP contribution in [-0.4, -0.2) is 9.42 Å². The van der Waals surface area contributed by atoms with Gasteiger partial charge in [-0.05, 0) is 79.1 Å². The van der Waals surface area contributed by atoms with Crippen molar-refractivity contribution in [1.29, 1.82) is 0 Å². The molecule has 2 aromatic rings. The second kappa shape index (κ2) is 9.92. The standard InChI is InChI=1S/C25H25FINO/c1-4-5-12-24(20-9-7-11-23(14-20)28-18(3)29)25-15-21(16-27-17(25)2)19-8-6-10-22(26)13-19/h6-16H,4-5H2,1-3H3,(H,28,29)/b24-12-. The zero-order chi connectivity index (χ0) is 20.8. The van der Waals surface area contributed by atoms with Gasteiger partial charge in [-0.3, -0.25) is 4.79 Å². The summed E-state index contributed by atoms with van der Waals surface area (Å²) in [5.41, 5.74) is 6.27. The lowest BCUT2D eigenvalue weighted by Crippen LogP contribution is -2.06. The Labute approximate surface area is 182 Å². The molecule has 0 radical (unpaired) electrons. The van der Waals surface area contributed by atoms with Gasteiger partial charge in [0.25, 0.3) is 0 Å². The van der Waals surface area contributed by atoms with Gasteiger partial charge in [-0.1, -0.05) is 64.4 Å². The van der Waals surface area contributed by atoms with E-state index in [9.17, 15) is 9.18 Å². The Morgan fingerprint density at radius 3 is 2.69 bits per heavy atom. The zero-order valence-corrected chi connectivity index (χ0v) is 19.1. The van der Waals surface area contributed by atoms with Crippen LogP contribution in [0.15, 0.2) is 70.3 Å². The van der Waals surface area contributed by atoms with E-state index < -0.39 is 0 Å². The number of nitrogens with one attached hydrogen (secondary N) is 1. The van der Waals surface area contributed by atoms with E-state index in [0.29, 0.717) is 0 Å². The fourth-order valence-electron chi connectivity index (χ4n) is 3.20. The van der Waals surface area contributed by atoms with E-state index >= 15 is 0 Å². The van der Waals surface area contributed by atoms with E-state index in [2.05, 4.69) is 41.5 Å². The molecule has 2 nitrogen and oxygen atoms in total. The molecule has 1 heterocycles. The molecule has 29 heavy (non-hydrogen) atoms. The third-order valence-electron chi connectivity index (χ3n) is 4.59. The summed E-state index contributed by atoms with van der Waals surface area (Å²) in [6.45, 7) is 5.87. The fraction of sp³-hybridized carbons (Fsp3) is 0.200. The third-order valence-corrected chi connectivity index (χ3v) is 7.08. The topological polar surface area (TPSA) is 29.1 Å². The minimum absolute atomic E-state index is 0.0805. The molecule has 1 amide bonds. The van der Waals surface area contributed by atoms with Gasteiger partial charge in [0.2, 0.25) is 5.91 Å². The quantitative estimate of drug-likeness (QED) is 0.420. The number of benzene rings is 2. The SMILES string of the molecule is CCC/C=C(\C1=CC(c2cccc(F)c2)=CI=C1C)c1cccc(NC(C)=O)c1. The van der Waals surface area contributed by atoms with E-state index in [1.807, 2.05) is 24.3 Å². The first-order valence-corrected chi connectivity index (χ1v) is 12.0. The van der Waals surface area contributed by atoms with E-state index in [4.69, 9.17) is 0 Å². The Bertz CT molecular complexity index is 1050. The Balaban J connectivity index is 2.06. The minimum Gasteiger partial charge on any atom is -0.326 e. The van der Waals surface area contributed by atoms with E-state index in [1.54, 1.807) is 12.1 Å². The number of unbranched alkanes of at least 4 members (excludes halogenated alkanes) is 1. The molecule has 4 heteroatoms. The number of carbonyl (C=O) groups is 1. The Morgan fingerprint density at radius 2 is 1.97 bits per heavy atom. The first-order valence-electron chi connectivity index (χ1n) is 9.71. The van der Waals surface area contributed by atoms with Crippen molar-refractivity contribution >= 4 is 47.0 Å². The van der Waals surface area contributed by atoms with Crippen molar-refractivity contribution in [2.45, 2.75) is 33.6 Å². The number of rotatable bonds is 6. The van der Waals surface area contributed by atoms with Crippen LogP contribution in [0.2, 0.25) is 0 Å². The van der Waals surface area contributed by atoms with Crippen LogP contribution < -0.4 is 5.32 Å². The van der Waals surface area contributed by atoms with Gasteiger partial charge >= 0.3 is 0 Å². The average Bonchev–Trinajstić information content (AvgIpc) is 2.69. The lowest BCUT2D eigenvalue weighted by Gasteiger charge is -2.18. The van der Waals surface area contributed by atoms with Crippen LogP contribution in [0.4, 0.5) is 10.1 Å². The highest BCUT2D eigenvalue weighted by molar-refractivity contribution is 14.2. The highest BCUT2D eigenvalue weighted by Crippen LogP contribution is 2.36. The number of anilines is 1. The van der Waals surface area contributed by atoms with Gasteiger partial charge in [0.1, 0.15) is 5.82 Å². The number of hydrogen-bond acceptors (Lipinski definition) is 1. The number of halogens is 2. The predicted molar refractivity (Wildman–Crippen MR) is 131 cm³/mol.